The molecule has 23 heavy (non-hydrogen) atoms. The molecule has 8 heteroatoms. The summed E-state index contributed by atoms with van der Waals surface area (Å²) in [6, 6.07) is 7.61. The van der Waals surface area contributed by atoms with Gasteiger partial charge in [0.2, 0.25) is 0 Å². The number of nitrogens with zero attached hydrogens (tertiary/aromatic N) is 2. The Kier molecular flexibility index (Phi) is 8.54. The quantitative estimate of drug-likeness (QED) is 0.746. The van der Waals surface area contributed by atoms with Crippen molar-refractivity contribution in [3.63, 3.8) is 0 Å². The predicted molar refractivity (Wildman–Crippen MR) is 98.5 cm³/mol. The molecule has 0 aliphatic rings. The monoisotopic (exact) mass is 419 g/mol. The van der Waals surface area contributed by atoms with Crippen LogP contribution in [0.25, 0.3) is 0 Å². The molecular weight excluding hydrogens is 402 g/mol. The van der Waals surface area contributed by atoms with Crippen molar-refractivity contribution in [3.05, 3.63) is 44.8 Å². The third-order valence-electron chi connectivity index (χ3n) is 3.06. The van der Waals surface area contributed by atoms with E-state index in [1.807, 2.05) is 31.2 Å². The van der Waals surface area contributed by atoms with E-state index in [0.29, 0.717) is 31.9 Å². The highest BCUT2D eigenvalue weighted by Gasteiger charge is 2.17. The molecule has 0 aliphatic heterocycles. The zero-order chi connectivity index (χ0) is 15.9. The standard InChI is InChI=1S/C15H18BrN3O2S.ClH/c1-2-19(15(20)13-10-22-14(9-17)18-13)7-8-21-12-5-3-11(16)4-6-12;/h3-6,10H,2,7-9,17H2,1H3;1H. The van der Waals surface area contributed by atoms with Gasteiger partial charge in [-0.2, -0.15) is 0 Å². The molecule has 0 aliphatic carbocycles. The van der Waals surface area contributed by atoms with E-state index in [-0.39, 0.29) is 18.3 Å². The second-order valence-corrected chi connectivity index (χ2v) is 6.38. The number of thiazole rings is 1. The Labute approximate surface area is 154 Å². The van der Waals surface area contributed by atoms with Crippen LogP contribution in [0.15, 0.2) is 34.1 Å². The van der Waals surface area contributed by atoms with Gasteiger partial charge in [-0.25, -0.2) is 4.98 Å². The van der Waals surface area contributed by atoms with Crippen LogP contribution in [-0.4, -0.2) is 35.5 Å². The number of amides is 1. The third-order valence-corrected chi connectivity index (χ3v) is 4.46. The molecule has 0 bridgehead atoms. The van der Waals surface area contributed by atoms with Crippen molar-refractivity contribution >= 4 is 45.6 Å². The fourth-order valence-corrected chi connectivity index (χ4v) is 2.79. The minimum absolute atomic E-state index is 0. The molecular formula is C15H19BrClN3O2S. The van der Waals surface area contributed by atoms with Gasteiger partial charge in [-0.15, -0.1) is 23.7 Å². The second-order valence-electron chi connectivity index (χ2n) is 4.52. The van der Waals surface area contributed by atoms with Crippen LogP contribution < -0.4 is 10.5 Å². The Balaban J connectivity index is 0.00000264. The summed E-state index contributed by atoms with van der Waals surface area (Å²) in [5.74, 6) is 0.698. The fraction of sp³-hybridized carbons (Fsp3) is 0.333. The number of halogens is 2. The maximum Gasteiger partial charge on any atom is 0.273 e. The number of rotatable bonds is 7. The van der Waals surface area contributed by atoms with Gasteiger partial charge in [-0.05, 0) is 31.2 Å². The van der Waals surface area contributed by atoms with Crippen molar-refractivity contribution in [2.45, 2.75) is 13.5 Å². The molecule has 0 unspecified atom stereocenters. The van der Waals surface area contributed by atoms with E-state index in [9.17, 15) is 4.79 Å². The van der Waals surface area contributed by atoms with Crippen molar-refractivity contribution in [1.82, 2.24) is 9.88 Å². The van der Waals surface area contributed by atoms with Crippen molar-refractivity contribution in [1.29, 1.82) is 0 Å². The highest BCUT2D eigenvalue weighted by molar-refractivity contribution is 9.10. The summed E-state index contributed by atoms with van der Waals surface area (Å²) in [5.41, 5.74) is 5.98. The minimum Gasteiger partial charge on any atom is -0.492 e. The van der Waals surface area contributed by atoms with Gasteiger partial charge in [-0.3, -0.25) is 4.79 Å². The topological polar surface area (TPSA) is 68.5 Å². The Bertz CT molecular complexity index is 621. The zero-order valence-electron chi connectivity index (χ0n) is 12.7. The van der Waals surface area contributed by atoms with Crippen LogP contribution in [0.3, 0.4) is 0 Å². The van der Waals surface area contributed by atoms with Gasteiger partial charge in [0.1, 0.15) is 23.1 Å². The average Bonchev–Trinajstić information content (AvgIpc) is 3.02. The first-order valence-corrected chi connectivity index (χ1v) is 8.63. The smallest absolute Gasteiger partial charge is 0.273 e. The Morgan fingerprint density at radius 2 is 2.09 bits per heavy atom. The summed E-state index contributed by atoms with van der Waals surface area (Å²) in [6.45, 7) is 3.86. The van der Waals surface area contributed by atoms with E-state index in [0.717, 1.165) is 15.2 Å². The maximum atomic E-state index is 12.4. The van der Waals surface area contributed by atoms with E-state index in [4.69, 9.17) is 10.5 Å². The van der Waals surface area contributed by atoms with Crippen LogP contribution >= 0.6 is 39.7 Å². The van der Waals surface area contributed by atoms with Gasteiger partial charge in [0, 0.05) is 22.9 Å². The third kappa shape index (κ3) is 5.76. The number of ether oxygens (including phenoxy) is 1. The second kappa shape index (κ2) is 9.87. The molecule has 5 nitrogen and oxygen atoms in total. The molecule has 2 rings (SSSR count). The van der Waals surface area contributed by atoms with E-state index < -0.39 is 0 Å². The lowest BCUT2D eigenvalue weighted by Crippen LogP contribution is -2.34. The van der Waals surface area contributed by atoms with E-state index in [1.54, 1.807) is 10.3 Å². The Morgan fingerprint density at radius 3 is 2.65 bits per heavy atom. The van der Waals surface area contributed by atoms with Gasteiger partial charge >= 0.3 is 0 Å². The molecule has 1 heterocycles. The molecule has 2 aromatic rings. The number of nitrogens with two attached hydrogens (primary N) is 1. The van der Waals surface area contributed by atoms with Crippen LogP contribution in [0, 0.1) is 0 Å². The van der Waals surface area contributed by atoms with Gasteiger partial charge in [-0.1, -0.05) is 15.9 Å². The summed E-state index contributed by atoms with van der Waals surface area (Å²) in [5, 5.41) is 2.52. The zero-order valence-corrected chi connectivity index (χ0v) is 15.9. The van der Waals surface area contributed by atoms with Crippen LogP contribution in [0.4, 0.5) is 0 Å². The molecule has 1 amide bonds. The molecule has 0 atom stereocenters. The van der Waals surface area contributed by atoms with E-state index in [2.05, 4.69) is 20.9 Å². The van der Waals surface area contributed by atoms with Gasteiger partial charge in [0.25, 0.3) is 5.91 Å². The SMILES string of the molecule is CCN(CCOc1ccc(Br)cc1)C(=O)c1csc(CN)n1.Cl. The first-order chi connectivity index (χ1) is 10.6. The summed E-state index contributed by atoms with van der Waals surface area (Å²) in [4.78, 5) is 18.3. The Hall–Kier alpha value is -1.15. The maximum absolute atomic E-state index is 12.4. The van der Waals surface area contributed by atoms with Crippen LogP contribution in [0.2, 0.25) is 0 Å². The highest BCUT2D eigenvalue weighted by atomic mass is 79.9. The molecule has 0 saturated heterocycles. The lowest BCUT2D eigenvalue weighted by Gasteiger charge is -2.20. The predicted octanol–water partition coefficient (Wildman–Crippen LogP) is 3.33. The van der Waals surface area contributed by atoms with E-state index >= 15 is 0 Å². The molecule has 126 valence electrons. The first kappa shape index (κ1) is 19.9. The number of aromatic nitrogens is 1. The summed E-state index contributed by atoms with van der Waals surface area (Å²) < 4.78 is 6.66. The van der Waals surface area contributed by atoms with Crippen LogP contribution in [0.1, 0.15) is 22.4 Å². The molecule has 0 saturated carbocycles. The lowest BCUT2D eigenvalue weighted by molar-refractivity contribution is 0.0734. The van der Waals surface area contributed by atoms with Crippen LogP contribution in [-0.2, 0) is 6.54 Å². The summed E-state index contributed by atoms with van der Waals surface area (Å²) >= 11 is 4.79. The number of carbonyl (C=O) groups excluding carboxylic acids is 1. The summed E-state index contributed by atoms with van der Waals surface area (Å²) in [6.07, 6.45) is 0. The minimum atomic E-state index is -0.0853. The van der Waals surface area contributed by atoms with Crippen molar-refractivity contribution in [2.24, 2.45) is 5.73 Å². The van der Waals surface area contributed by atoms with Crippen molar-refractivity contribution < 1.29 is 9.53 Å². The van der Waals surface area contributed by atoms with Gasteiger partial charge in [0.05, 0.1) is 6.54 Å². The first-order valence-electron chi connectivity index (χ1n) is 6.96. The van der Waals surface area contributed by atoms with E-state index in [1.165, 1.54) is 11.3 Å². The average molecular weight is 421 g/mol. The fourth-order valence-electron chi connectivity index (χ4n) is 1.87. The molecule has 0 fully saturated rings. The Morgan fingerprint density at radius 1 is 1.39 bits per heavy atom. The number of likely N-dealkylation sites (N-methyl/N-ethyl adjacent to an activating group) is 1. The van der Waals surface area contributed by atoms with Crippen molar-refractivity contribution in [2.75, 3.05) is 19.7 Å². The van der Waals surface area contributed by atoms with Gasteiger partial charge in [0.15, 0.2) is 0 Å². The number of hydrogen-bond donors (Lipinski definition) is 1. The molecule has 1 aromatic heterocycles. The molecule has 2 N–H and O–H groups in total. The lowest BCUT2D eigenvalue weighted by atomic mass is 10.3. The van der Waals surface area contributed by atoms with Crippen LogP contribution in [0.5, 0.6) is 5.75 Å². The molecule has 0 spiro atoms. The normalized spacial score (nSPS) is 10.0. The highest BCUT2D eigenvalue weighted by Crippen LogP contribution is 2.16. The molecule has 1 aromatic carbocycles. The summed E-state index contributed by atoms with van der Waals surface area (Å²) in [7, 11) is 0. The largest absolute Gasteiger partial charge is 0.492 e. The van der Waals surface area contributed by atoms with Crippen molar-refractivity contribution in [3.8, 4) is 5.75 Å². The number of hydrogen-bond acceptors (Lipinski definition) is 5. The number of benzene rings is 1. The number of carbonyl (C=O) groups is 1. The molecule has 0 radical (unpaired) electrons. The van der Waals surface area contributed by atoms with Gasteiger partial charge < -0.3 is 15.4 Å².